The molecule has 0 bridgehead atoms. The maximum atomic E-state index is 12.4. The molecule has 0 fully saturated rings. The van der Waals surface area contributed by atoms with Gasteiger partial charge in [0.2, 0.25) is 0 Å². The summed E-state index contributed by atoms with van der Waals surface area (Å²) in [6, 6.07) is 5.32. The van der Waals surface area contributed by atoms with Crippen molar-refractivity contribution in [1.82, 2.24) is 0 Å². The van der Waals surface area contributed by atoms with Crippen LogP contribution in [0.25, 0.3) is 33.1 Å². The highest BCUT2D eigenvalue weighted by Crippen LogP contribution is 2.49. The molecule has 1 heterocycles. The summed E-state index contributed by atoms with van der Waals surface area (Å²) in [5.41, 5.74) is 1.92. The quantitative estimate of drug-likeness (QED) is 0.0807. The molecule has 32 heavy (non-hydrogen) atoms. The van der Waals surface area contributed by atoms with Gasteiger partial charge in [0.25, 0.3) is 0 Å². The van der Waals surface area contributed by atoms with Crippen molar-refractivity contribution in [3.05, 3.63) is 51.5 Å². The van der Waals surface area contributed by atoms with Crippen molar-refractivity contribution in [3.63, 3.8) is 0 Å². The molecule has 1 aromatic heterocycles. The fraction of sp³-hybridized carbons (Fsp3) is 0. The lowest BCUT2D eigenvalue weighted by Gasteiger charge is -2.15. The first-order chi connectivity index (χ1) is 15.0. The molecule has 12 heteroatoms. The Morgan fingerprint density at radius 2 is 1.25 bits per heavy atom. The Kier molecular flexibility index (Phi) is 7.80. The SMILES string of the molecule is O=C(O)c1c(Br)c(Br)cc(Br)c1-c1c2cc(I)c(O)c(I)c2[o+]c2c(I)c(O)c(I)cc12. The van der Waals surface area contributed by atoms with E-state index in [-0.39, 0.29) is 17.1 Å². The van der Waals surface area contributed by atoms with Gasteiger partial charge in [-0.05, 0) is 140 Å². The topological polar surface area (TPSA) is 89.1 Å². The van der Waals surface area contributed by atoms with Gasteiger partial charge in [-0.3, -0.25) is 0 Å². The van der Waals surface area contributed by atoms with E-state index in [1.54, 1.807) is 18.2 Å². The van der Waals surface area contributed by atoms with Crippen LogP contribution in [0.3, 0.4) is 0 Å². The van der Waals surface area contributed by atoms with Gasteiger partial charge in [0, 0.05) is 24.5 Å². The van der Waals surface area contributed by atoms with E-state index in [1.165, 1.54) is 0 Å². The van der Waals surface area contributed by atoms with Gasteiger partial charge in [-0.1, -0.05) is 15.9 Å². The molecule has 4 rings (SSSR count). The Bertz CT molecular complexity index is 1440. The van der Waals surface area contributed by atoms with Crippen molar-refractivity contribution >= 4 is 166 Å². The molecule has 164 valence electrons. The monoisotopic (exact) mass is 1070 g/mol. The van der Waals surface area contributed by atoms with Crippen LogP contribution in [0, 0.1) is 14.3 Å². The molecule has 0 aliphatic rings. The zero-order valence-corrected chi connectivity index (χ0v) is 28.4. The van der Waals surface area contributed by atoms with Crippen molar-refractivity contribution in [3.8, 4) is 22.6 Å². The van der Waals surface area contributed by atoms with Crippen LogP contribution < -0.4 is 0 Å². The first-order valence-corrected chi connectivity index (χ1v) is 15.0. The van der Waals surface area contributed by atoms with E-state index in [4.69, 9.17) is 4.42 Å². The Hall–Kier alpha value is 0.760. The van der Waals surface area contributed by atoms with Gasteiger partial charge >= 0.3 is 17.1 Å². The number of hydrogen-bond donors (Lipinski definition) is 3. The Labute approximate surface area is 260 Å². The second kappa shape index (κ2) is 9.67. The third kappa shape index (κ3) is 4.18. The van der Waals surface area contributed by atoms with Crippen LogP contribution in [0.2, 0.25) is 0 Å². The average molecular weight is 1070 g/mol. The molecule has 3 N–H and O–H groups in total. The predicted molar refractivity (Wildman–Crippen MR) is 168 cm³/mol. The minimum Gasteiger partial charge on any atom is -0.505 e. The van der Waals surface area contributed by atoms with E-state index in [0.717, 1.165) is 0 Å². The Morgan fingerprint density at radius 1 is 0.781 bits per heavy atom. The number of carboxylic acids is 1. The van der Waals surface area contributed by atoms with E-state index >= 15 is 0 Å². The number of carbonyl (C=O) groups is 1. The fourth-order valence-corrected chi connectivity index (χ4v) is 8.73. The first kappa shape index (κ1) is 25.8. The van der Waals surface area contributed by atoms with Crippen molar-refractivity contribution in [2.24, 2.45) is 0 Å². The summed E-state index contributed by atoms with van der Waals surface area (Å²) >= 11 is 18.5. The van der Waals surface area contributed by atoms with Crippen LogP contribution in [-0.2, 0) is 0 Å². The minimum absolute atomic E-state index is 0.0660. The molecule has 0 aliphatic carbocycles. The smallest absolute Gasteiger partial charge is 0.378 e. The molecule has 5 nitrogen and oxygen atoms in total. The number of phenolic OH excluding ortho intramolecular Hbond substituents is 2. The number of aromatic hydroxyl groups is 2. The summed E-state index contributed by atoms with van der Waals surface area (Å²) < 4.78 is 9.94. The summed E-state index contributed by atoms with van der Waals surface area (Å²) in [6.45, 7) is 0. The first-order valence-electron chi connectivity index (χ1n) is 8.34. The van der Waals surface area contributed by atoms with Crippen LogP contribution in [0.4, 0.5) is 0 Å². The number of fused-ring (bicyclic) bond motifs is 2. The van der Waals surface area contributed by atoms with Gasteiger partial charge in [0.05, 0.1) is 23.5 Å². The predicted octanol–water partition coefficient (Wildman–Crippen LogP) is 9.35. The number of rotatable bonds is 2. The maximum Gasteiger partial charge on any atom is 0.378 e. The molecule has 0 atom stereocenters. The van der Waals surface area contributed by atoms with Crippen molar-refractivity contribution < 1.29 is 24.5 Å². The molecule has 0 amide bonds. The summed E-state index contributed by atoms with van der Waals surface area (Å²) in [5.74, 6) is -0.957. The van der Waals surface area contributed by atoms with Gasteiger partial charge in [-0.15, -0.1) is 0 Å². The summed E-state index contributed by atoms with van der Waals surface area (Å²) in [7, 11) is 0. The zero-order valence-electron chi connectivity index (χ0n) is 15.0. The van der Waals surface area contributed by atoms with E-state index in [0.29, 0.717) is 60.8 Å². The molecule has 0 aliphatic heterocycles. The van der Waals surface area contributed by atoms with Crippen LogP contribution in [0.5, 0.6) is 11.5 Å². The average Bonchev–Trinajstić information content (AvgIpc) is 2.72. The molecule has 0 saturated heterocycles. The maximum absolute atomic E-state index is 12.4. The van der Waals surface area contributed by atoms with Gasteiger partial charge in [-0.25, -0.2) is 9.21 Å². The van der Waals surface area contributed by atoms with Crippen molar-refractivity contribution in [2.75, 3.05) is 0 Å². The molecular weight excluding hydrogens is 1070 g/mol. The van der Waals surface area contributed by atoms with Crippen LogP contribution in [0.1, 0.15) is 10.4 Å². The molecule has 0 saturated carbocycles. The number of phenols is 2. The molecule has 3 aromatic carbocycles. The zero-order chi connectivity index (χ0) is 23.6. The number of carboxylic acid groups (broad SMARTS) is 1. The third-order valence-electron chi connectivity index (χ3n) is 4.68. The number of benzene rings is 3. The van der Waals surface area contributed by atoms with E-state index < -0.39 is 5.97 Å². The highest BCUT2D eigenvalue weighted by atomic mass is 127. The minimum atomic E-state index is -1.11. The van der Waals surface area contributed by atoms with E-state index in [1.807, 2.05) is 90.4 Å². The van der Waals surface area contributed by atoms with E-state index in [2.05, 4.69) is 47.8 Å². The molecular formula is C20H6Br3I4O5+. The third-order valence-corrected chi connectivity index (χ3v) is 10.9. The second-order valence-electron chi connectivity index (χ2n) is 6.48. The summed E-state index contributed by atoms with van der Waals surface area (Å²) in [5, 5.41) is 32.5. The second-order valence-corrected chi connectivity index (χ2v) is 13.5. The normalized spacial score (nSPS) is 11.5. The van der Waals surface area contributed by atoms with Gasteiger partial charge in [-0.2, -0.15) is 0 Å². The molecule has 0 radical (unpaired) electrons. The summed E-state index contributed by atoms with van der Waals surface area (Å²) in [6.07, 6.45) is 0. The Morgan fingerprint density at radius 3 is 1.69 bits per heavy atom. The van der Waals surface area contributed by atoms with Crippen molar-refractivity contribution in [1.29, 1.82) is 0 Å². The lowest BCUT2D eigenvalue weighted by atomic mass is 9.93. The van der Waals surface area contributed by atoms with Crippen LogP contribution in [-0.4, -0.2) is 21.3 Å². The number of hydrogen-bond acceptors (Lipinski definition) is 3. The molecule has 4 aromatic rings. The number of halogens is 7. The van der Waals surface area contributed by atoms with Gasteiger partial charge in [0.15, 0.2) is 18.6 Å². The van der Waals surface area contributed by atoms with Crippen LogP contribution >= 0.6 is 138 Å². The lowest BCUT2D eigenvalue weighted by Crippen LogP contribution is -2.04. The largest absolute Gasteiger partial charge is 0.505 e. The lowest BCUT2D eigenvalue weighted by molar-refractivity contribution is 0.0696. The highest BCUT2D eigenvalue weighted by molar-refractivity contribution is 14.1. The van der Waals surface area contributed by atoms with E-state index in [9.17, 15) is 20.1 Å². The fourth-order valence-electron chi connectivity index (χ4n) is 3.31. The molecule has 0 unspecified atom stereocenters. The van der Waals surface area contributed by atoms with Crippen molar-refractivity contribution in [2.45, 2.75) is 0 Å². The van der Waals surface area contributed by atoms with Crippen LogP contribution in [0.15, 0.2) is 36.0 Å². The summed E-state index contributed by atoms with van der Waals surface area (Å²) in [4.78, 5) is 12.4. The standard InChI is InChI=1S/C20H5Br3I4O5/c21-6-3-7(22)13(23)12(20(30)31)11(6)10-4-1-8(24)16(28)14(26)18(4)32-19-5(10)2-9(25)17(29)15(19)27/h1-3H,(H2-,28,29,30,31)/p+1. The highest BCUT2D eigenvalue weighted by Gasteiger charge is 2.33. The van der Waals surface area contributed by atoms with Gasteiger partial charge in [0.1, 0.15) is 0 Å². The molecule has 0 spiro atoms. The van der Waals surface area contributed by atoms with Gasteiger partial charge < -0.3 is 15.3 Å². The number of aromatic carboxylic acids is 1. The Balaban J connectivity index is 2.41.